The summed E-state index contributed by atoms with van der Waals surface area (Å²) in [6, 6.07) is 16.2. The normalized spacial score (nSPS) is 10.5. The number of rotatable bonds is 7. The molecule has 0 aliphatic rings. The molecular weight excluding hydrogens is 304 g/mol. The summed E-state index contributed by atoms with van der Waals surface area (Å²) in [5, 5.41) is 0. The van der Waals surface area contributed by atoms with Gasteiger partial charge in [0.1, 0.15) is 0 Å². The number of hydrogen-bond donors (Lipinski definition) is 0. The third-order valence-electron chi connectivity index (χ3n) is 3.37. The largest absolute Gasteiger partial charge is 0.462 e. The summed E-state index contributed by atoms with van der Waals surface area (Å²) in [6.45, 7) is 4.65. The Kier molecular flexibility index (Phi) is 6.55. The standard InChI is InChI=1S/C20H22O4/c1-15(2)14-24-20(22)18-10-8-17(9-11-18)19(21)23-13-12-16-6-4-3-5-7-16/h3-11,15H,12-14H2,1-2H3. The van der Waals surface area contributed by atoms with Crippen LogP contribution in [0.2, 0.25) is 0 Å². The molecule has 126 valence electrons. The molecule has 0 aromatic heterocycles. The van der Waals surface area contributed by atoms with E-state index in [0.717, 1.165) is 5.56 Å². The fraction of sp³-hybridized carbons (Fsp3) is 0.300. The Morgan fingerprint density at radius 3 is 1.92 bits per heavy atom. The molecule has 0 N–H and O–H groups in total. The van der Waals surface area contributed by atoms with Crippen LogP contribution in [-0.4, -0.2) is 25.2 Å². The van der Waals surface area contributed by atoms with Crippen molar-refractivity contribution < 1.29 is 19.1 Å². The molecule has 2 aromatic rings. The van der Waals surface area contributed by atoms with Gasteiger partial charge < -0.3 is 9.47 Å². The van der Waals surface area contributed by atoms with Crippen LogP contribution >= 0.6 is 0 Å². The van der Waals surface area contributed by atoms with E-state index in [4.69, 9.17) is 9.47 Å². The van der Waals surface area contributed by atoms with Crippen molar-refractivity contribution in [2.24, 2.45) is 5.92 Å². The maximum Gasteiger partial charge on any atom is 0.338 e. The molecule has 0 radical (unpaired) electrons. The van der Waals surface area contributed by atoms with E-state index in [0.29, 0.717) is 30.8 Å². The minimum absolute atomic E-state index is 0.285. The maximum absolute atomic E-state index is 12.0. The molecule has 0 saturated heterocycles. The highest BCUT2D eigenvalue weighted by atomic mass is 16.5. The molecule has 0 spiro atoms. The predicted molar refractivity (Wildman–Crippen MR) is 92.0 cm³/mol. The van der Waals surface area contributed by atoms with Crippen LogP contribution in [0.5, 0.6) is 0 Å². The first-order valence-electron chi connectivity index (χ1n) is 8.04. The van der Waals surface area contributed by atoms with E-state index < -0.39 is 5.97 Å². The van der Waals surface area contributed by atoms with Crippen LogP contribution in [0.25, 0.3) is 0 Å². The van der Waals surface area contributed by atoms with Gasteiger partial charge in [0.2, 0.25) is 0 Å². The van der Waals surface area contributed by atoms with Crippen LogP contribution in [0.15, 0.2) is 54.6 Å². The van der Waals surface area contributed by atoms with E-state index in [-0.39, 0.29) is 11.9 Å². The Balaban J connectivity index is 1.83. The van der Waals surface area contributed by atoms with Gasteiger partial charge in [-0.2, -0.15) is 0 Å². The summed E-state index contributed by atoms with van der Waals surface area (Å²) >= 11 is 0. The van der Waals surface area contributed by atoms with Crippen LogP contribution in [0, 0.1) is 5.92 Å². The van der Waals surface area contributed by atoms with E-state index >= 15 is 0 Å². The number of esters is 2. The molecule has 2 rings (SSSR count). The van der Waals surface area contributed by atoms with Crippen molar-refractivity contribution in [3.63, 3.8) is 0 Å². The number of hydrogen-bond acceptors (Lipinski definition) is 4. The SMILES string of the molecule is CC(C)COC(=O)c1ccc(C(=O)OCCc2ccccc2)cc1. The van der Waals surface area contributed by atoms with E-state index in [1.54, 1.807) is 24.3 Å². The van der Waals surface area contributed by atoms with E-state index in [2.05, 4.69) is 0 Å². The number of benzene rings is 2. The molecule has 0 bridgehead atoms. The van der Waals surface area contributed by atoms with Crippen molar-refractivity contribution in [2.75, 3.05) is 13.2 Å². The van der Waals surface area contributed by atoms with Crippen molar-refractivity contribution in [1.82, 2.24) is 0 Å². The molecule has 0 saturated carbocycles. The first-order valence-corrected chi connectivity index (χ1v) is 8.04. The van der Waals surface area contributed by atoms with E-state index in [9.17, 15) is 9.59 Å². The van der Waals surface area contributed by atoms with Crippen LogP contribution in [0.4, 0.5) is 0 Å². The average Bonchev–Trinajstić information content (AvgIpc) is 2.60. The molecule has 0 heterocycles. The molecular formula is C20H22O4. The van der Waals surface area contributed by atoms with Crippen LogP contribution in [0.1, 0.15) is 40.1 Å². The fourth-order valence-corrected chi connectivity index (χ4v) is 2.06. The minimum atomic E-state index is -0.395. The topological polar surface area (TPSA) is 52.6 Å². The smallest absolute Gasteiger partial charge is 0.338 e. The lowest BCUT2D eigenvalue weighted by molar-refractivity contribution is 0.0455. The molecule has 0 amide bonds. The Morgan fingerprint density at radius 1 is 0.833 bits per heavy atom. The van der Waals surface area contributed by atoms with Gasteiger partial charge in [-0.05, 0) is 35.7 Å². The van der Waals surface area contributed by atoms with Gasteiger partial charge in [-0.1, -0.05) is 44.2 Å². The van der Waals surface area contributed by atoms with Crippen molar-refractivity contribution in [1.29, 1.82) is 0 Å². The summed E-state index contributed by atoms with van der Waals surface area (Å²) < 4.78 is 10.4. The molecule has 0 unspecified atom stereocenters. The maximum atomic E-state index is 12.0. The second-order valence-electron chi connectivity index (χ2n) is 5.94. The van der Waals surface area contributed by atoms with Crippen LogP contribution < -0.4 is 0 Å². The Bertz CT molecular complexity index is 660. The number of carbonyl (C=O) groups excluding carboxylic acids is 2. The van der Waals surface area contributed by atoms with Gasteiger partial charge in [0, 0.05) is 6.42 Å². The van der Waals surface area contributed by atoms with Crippen molar-refractivity contribution >= 4 is 11.9 Å². The highest BCUT2D eigenvalue weighted by Crippen LogP contribution is 2.09. The highest BCUT2D eigenvalue weighted by Gasteiger charge is 2.11. The third kappa shape index (κ3) is 5.54. The molecule has 4 heteroatoms. The quantitative estimate of drug-likeness (QED) is 0.724. The summed E-state index contributed by atoms with van der Waals surface area (Å²) in [5.41, 5.74) is 1.97. The molecule has 0 aliphatic heterocycles. The summed E-state index contributed by atoms with van der Waals surface area (Å²) in [4.78, 5) is 23.8. The Morgan fingerprint density at radius 2 is 1.38 bits per heavy atom. The molecule has 4 nitrogen and oxygen atoms in total. The lowest BCUT2D eigenvalue weighted by Crippen LogP contribution is -2.11. The minimum Gasteiger partial charge on any atom is -0.462 e. The van der Waals surface area contributed by atoms with Gasteiger partial charge in [0.25, 0.3) is 0 Å². The fourth-order valence-electron chi connectivity index (χ4n) is 2.06. The zero-order valence-electron chi connectivity index (χ0n) is 14.0. The molecule has 0 atom stereocenters. The highest BCUT2D eigenvalue weighted by molar-refractivity contribution is 5.93. The third-order valence-corrected chi connectivity index (χ3v) is 3.37. The Hall–Kier alpha value is -2.62. The van der Waals surface area contributed by atoms with Crippen LogP contribution in [0.3, 0.4) is 0 Å². The lowest BCUT2D eigenvalue weighted by Gasteiger charge is -2.08. The van der Waals surface area contributed by atoms with Crippen molar-refractivity contribution in [3.8, 4) is 0 Å². The van der Waals surface area contributed by atoms with Crippen molar-refractivity contribution in [3.05, 3.63) is 71.3 Å². The monoisotopic (exact) mass is 326 g/mol. The lowest BCUT2D eigenvalue weighted by atomic mass is 10.1. The van der Waals surface area contributed by atoms with Gasteiger partial charge in [0.05, 0.1) is 24.3 Å². The summed E-state index contributed by atoms with van der Waals surface area (Å²) in [7, 11) is 0. The second-order valence-corrected chi connectivity index (χ2v) is 5.94. The van der Waals surface area contributed by atoms with Gasteiger partial charge in [-0.15, -0.1) is 0 Å². The van der Waals surface area contributed by atoms with Gasteiger partial charge in [-0.3, -0.25) is 0 Å². The molecule has 24 heavy (non-hydrogen) atoms. The summed E-state index contributed by atoms with van der Waals surface area (Å²) in [5.74, 6) is -0.492. The zero-order chi connectivity index (χ0) is 17.4. The predicted octanol–water partition coefficient (Wildman–Crippen LogP) is 3.90. The van der Waals surface area contributed by atoms with Gasteiger partial charge >= 0.3 is 11.9 Å². The average molecular weight is 326 g/mol. The van der Waals surface area contributed by atoms with Gasteiger partial charge in [-0.25, -0.2) is 9.59 Å². The number of ether oxygens (including phenoxy) is 2. The first kappa shape index (κ1) is 17.7. The first-order chi connectivity index (χ1) is 11.6. The van der Waals surface area contributed by atoms with Crippen molar-refractivity contribution in [2.45, 2.75) is 20.3 Å². The second kappa shape index (κ2) is 8.87. The van der Waals surface area contributed by atoms with Crippen LogP contribution in [-0.2, 0) is 15.9 Å². The van der Waals surface area contributed by atoms with Gasteiger partial charge in [0.15, 0.2) is 0 Å². The molecule has 0 fully saturated rings. The summed E-state index contributed by atoms with van der Waals surface area (Å²) in [6.07, 6.45) is 0.673. The molecule has 2 aromatic carbocycles. The number of carbonyl (C=O) groups is 2. The van der Waals surface area contributed by atoms with E-state index in [1.807, 2.05) is 44.2 Å². The van der Waals surface area contributed by atoms with E-state index in [1.165, 1.54) is 0 Å². The zero-order valence-corrected chi connectivity index (χ0v) is 14.0. The molecule has 0 aliphatic carbocycles. The Labute approximate surface area is 142 Å².